The quantitative estimate of drug-likeness (QED) is 0.653. The van der Waals surface area contributed by atoms with Gasteiger partial charge in [-0.3, -0.25) is 4.79 Å². The summed E-state index contributed by atoms with van der Waals surface area (Å²) < 4.78 is 0. The fourth-order valence-electron chi connectivity index (χ4n) is 1.71. The number of nitrogens with two attached hydrogens (primary N) is 1. The molecule has 0 aliphatic rings. The van der Waals surface area contributed by atoms with Crippen molar-refractivity contribution in [3.63, 3.8) is 0 Å². The van der Waals surface area contributed by atoms with Crippen LogP contribution in [0.25, 0.3) is 0 Å². The molecule has 84 valence electrons. The molecule has 0 spiro atoms. The highest BCUT2D eigenvalue weighted by molar-refractivity contribution is 5.80. The maximum Gasteiger partial charge on any atom is 0.135 e. The van der Waals surface area contributed by atoms with Gasteiger partial charge in [-0.05, 0) is 25.3 Å². The van der Waals surface area contributed by atoms with Crippen molar-refractivity contribution in [3.8, 4) is 0 Å². The number of hydrogen-bond acceptors (Lipinski definition) is 2. The standard InChI is InChI=1S/C12H25NO/c1-4-5-11(8-9-13)6-7-12(14)10(2)3/h10-11H,4-9,13H2,1-3H3. The van der Waals surface area contributed by atoms with Crippen molar-refractivity contribution < 1.29 is 4.79 Å². The molecule has 0 bridgehead atoms. The highest BCUT2D eigenvalue weighted by Crippen LogP contribution is 2.18. The molecule has 2 N–H and O–H groups in total. The van der Waals surface area contributed by atoms with E-state index in [0.717, 1.165) is 25.8 Å². The summed E-state index contributed by atoms with van der Waals surface area (Å²) in [6.07, 6.45) is 5.24. The largest absolute Gasteiger partial charge is 0.330 e. The number of ketones is 1. The molecule has 0 aromatic heterocycles. The summed E-state index contributed by atoms with van der Waals surface area (Å²) in [5, 5.41) is 0. The second-order valence-electron chi connectivity index (χ2n) is 4.39. The van der Waals surface area contributed by atoms with Crippen LogP contribution in [0.3, 0.4) is 0 Å². The second kappa shape index (κ2) is 7.98. The van der Waals surface area contributed by atoms with E-state index < -0.39 is 0 Å². The van der Waals surface area contributed by atoms with Gasteiger partial charge in [-0.15, -0.1) is 0 Å². The lowest BCUT2D eigenvalue weighted by molar-refractivity contribution is -0.122. The van der Waals surface area contributed by atoms with E-state index in [1.165, 1.54) is 12.8 Å². The lowest BCUT2D eigenvalue weighted by Crippen LogP contribution is -2.13. The smallest absolute Gasteiger partial charge is 0.135 e. The van der Waals surface area contributed by atoms with E-state index in [4.69, 9.17) is 5.73 Å². The molecule has 0 fully saturated rings. The Morgan fingerprint density at radius 3 is 2.29 bits per heavy atom. The van der Waals surface area contributed by atoms with Gasteiger partial charge < -0.3 is 5.73 Å². The van der Waals surface area contributed by atoms with Crippen LogP contribution in [-0.4, -0.2) is 12.3 Å². The fraction of sp³-hybridized carbons (Fsp3) is 0.917. The topological polar surface area (TPSA) is 43.1 Å². The van der Waals surface area contributed by atoms with Crippen molar-refractivity contribution in [2.24, 2.45) is 17.6 Å². The third kappa shape index (κ3) is 6.14. The van der Waals surface area contributed by atoms with Gasteiger partial charge in [0.15, 0.2) is 0 Å². The zero-order valence-electron chi connectivity index (χ0n) is 9.88. The molecule has 0 aliphatic heterocycles. The molecule has 0 saturated carbocycles. The Morgan fingerprint density at radius 1 is 1.21 bits per heavy atom. The lowest BCUT2D eigenvalue weighted by Gasteiger charge is -2.14. The highest BCUT2D eigenvalue weighted by Gasteiger charge is 2.12. The fourth-order valence-corrected chi connectivity index (χ4v) is 1.71. The first-order chi connectivity index (χ1) is 6.61. The van der Waals surface area contributed by atoms with Gasteiger partial charge in [0, 0.05) is 12.3 Å². The SMILES string of the molecule is CCCC(CCN)CCC(=O)C(C)C. The van der Waals surface area contributed by atoms with Crippen LogP contribution < -0.4 is 5.73 Å². The number of hydrogen-bond donors (Lipinski definition) is 1. The van der Waals surface area contributed by atoms with E-state index in [2.05, 4.69) is 6.92 Å². The minimum atomic E-state index is 0.190. The lowest BCUT2D eigenvalue weighted by atomic mass is 9.91. The predicted octanol–water partition coefficient (Wildman–Crippen LogP) is 2.76. The molecule has 1 atom stereocenters. The van der Waals surface area contributed by atoms with Crippen LogP contribution in [0, 0.1) is 11.8 Å². The van der Waals surface area contributed by atoms with Crippen LogP contribution >= 0.6 is 0 Å². The van der Waals surface area contributed by atoms with Gasteiger partial charge in [-0.2, -0.15) is 0 Å². The van der Waals surface area contributed by atoms with E-state index in [9.17, 15) is 4.79 Å². The van der Waals surface area contributed by atoms with Crippen LogP contribution in [-0.2, 0) is 4.79 Å². The maximum absolute atomic E-state index is 11.4. The summed E-state index contributed by atoms with van der Waals surface area (Å²) in [6.45, 7) is 6.88. The Balaban J connectivity index is 3.74. The average Bonchev–Trinajstić information content (AvgIpc) is 2.14. The van der Waals surface area contributed by atoms with Gasteiger partial charge in [0.05, 0.1) is 0 Å². The number of rotatable bonds is 8. The average molecular weight is 199 g/mol. The molecule has 0 amide bonds. The van der Waals surface area contributed by atoms with Gasteiger partial charge >= 0.3 is 0 Å². The normalized spacial score (nSPS) is 13.2. The van der Waals surface area contributed by atoms with Crippen LogP contribution in [0.2, 0.25) is 0 Å². The van der Waals surface area contributed by atoms with E-state index in [0.29, 0.717) is 11.7 Å². The van der Waals surface area contributed by atoms with Crippen LogP contribution in [0.15, 0.2) is 0 Å². The third-order valence-corrected chi connectivity index (χ3v) is 2.71. The van der Waals surface area contributed by atoms with E-state index in [-0.39, 0.29) is 5.92 Å². The molecule has 1 unspecified atom stereocenters. The van der Waals surface area contributed by atoms with E-state index in [1.54, 1.807) is 0 Å². The van der Waals surface area contributed by atoms with Crippen LogP contribution in [0.5, 0.6) is 0 Å². The van der Waals surface area contributed by atoms with Gasteiger partial charge in [-0.25, -0.2) is 0 Å². The summed E-state index contributed by atoms with van der Waals surface area (Å²) in [4.78, 5) is 11.4. The monoisotopic (exact) mass is 199 g/mol. The molecule has 14 heavy (non-hydrogen) atoms. The molecule has 0 aromatic rings. The Bertz CT molecular complexity index is 148. The molecule has 0 rings (SSSR count). The van der Waals surface area contributed by atoms with Crippen molar-refractivity contribution in [2.75, 3.05) is 6.54 Å². The summed E-state index contributed by atoms with van der Waals surface area (Å²) in [6, 6.07) is 0. The first-order valence-corrected chi connectivity index (χ1v) is 5.84. The Labute approximate surface area is 88.3 Å². The number of carbonyl (C=O) groups excluding carboxylic acids is 1. The van der Waals surface area contributed by atoms with Crippen molar-refractivity contribution in [3.05, 3.63) is 0 Å². The zero-order valence-corrected chi connectivity index (χ0v) is 9.88. The second-order valence-corrected chi connectivity index (χ2v) is 4.39. The van der Waals surface area contributed by atoms with Crippen LogP contribution in [0.4, 0.5) is 0 Å². The molecular weight excluding hydrogens is 174 g/mol. The molecule has 0 heterocycles. The molecule has 0 saturated heterocycles. The van der Waals surface area contributed by atoms with Gasteiger partial charge in [0.2, 0.25) is 0 Å². The Hall–Kier alpha value is -0.370. The highest BCUT2D eigenvalue weighted by atomic mass is 16.1. The first kappa shape index (κ1) is 13.6. The summed E-state index contributed by atoms with van der Waals surface area (Å²) in [5.74, 6) is 1.24. The van der Waals surface area contributed by atoms with Gasteiger partial charge in [0.25, 0.3) is 0 Å². The van der Waals surface area contributed by atoms with Crippen molar-refractivity contribution in [1.29, 1.82) is 0 Å². The minimum Gasteiger partial charge on any atom is -0.330 e. The van der Waals surface area contributed by atoms with E-state index in [1.807, 2.05) is 13.8 Å². The minimum absolute atomic E-state index is 0.190. The molecule has 0 aromatic carbocycles. The Kier molecular flexibility index (Phi) is 7.77. The van der Waals surface area contributed by atoms with Gasteiger partial charge in [-0.1, -0.05) is 33.6 Å². The third-order valence-electron chi connectivity index (χ3n) is 2.71. The maximum atomic E-state index is 11.4. The van der Waals surface area contributed by atoms with Crippen molar-refractivity contribution >= 4 is 5.78 Å². The summed E-state index contributed by atoms with van der Waals surface area (Å²) in [5.41, 5.74) is 5.54. The zero-order chi connectivity index (χ0) is 11.0. The van der Waals surface area contributed by atoms with Crippen molar-refractivity contribution in [1.82, 2.24) is 0 Å². The molecule has 2 nitrogen and oxygen atoms in total. The molecule has 0 aliphatic carbocycles. The molecule has 2 heteroatoms. The van der Waals surface area contributed by atoms with E-state index >= 15 is 0 Å². The predicted molar refractivity (Wildman–Crippen MR) is 61.1 cm³/mol. The van der Waals surface area contributed by atoms with Gasteiger partial charge in [0.1, 0.15) is 5.78 Å². The number of carbonyl (C=O) groups is 1. The van der Waals surface area contributed by atoms with Crippen molar-refractivity contribution in [2.45, 2.75) is 52.9 Å². The first-order valence-electron chi connectivity index (χ1n) is 5.84. The summed E-state index contributed by atoms with van der Waals surface area (Å²) >= 11 is 0. The molecular formula is C12H25NO. The molecule has 0 radical (unpaired) electrons. The van der Waals surface area contributed by atoms with Crippen LogP contribution in [0.1, 0.15) is 52.9 Å². The summed E-state index contributed by atoms with van der Waals surface area (Å²) in [7, 11) is 0. The Morgan fingerprint density at radius 2 is 1.86 bits per heavy atom. The number of Topliss-reactive ketones (excluding diaryl/α,β-unsaturated/α-hetero) is 1.